The number of nitrogens with zero attached hydrogens (tertiary/aromatic N) is 1. The highest BCUT2D eigenvalue weighted by Crippen LogP contribution is 2.40. The summed E-state index contributed by atoms with van der Waals surface area (Å²) in [5.74, 6) is 3.76. The molecular formula is C12H25N. The van der Waals surface area contributed by atoms with Crippen LogP contribution >= 0.6 is 0 Å². The molecule has 1 aliphatic carbocycles. The normalized spacial score (nSPS) is 34.8. The van der Waals surface area contributed by atoms with E-state index >= 15 is 0 Å². The van der Waals surface area contributed by atoms with Gasteiger partial charge in [-0.05, 0) is 50.6 Å². The summed E-state index contributed by atoms with van der Waals surface area (Å²) in [6.07, 6.45) is 2.90. The fraction of sp³-hybridized carbons (Fsp3) is 1.00. The van der Waals surface area contributed by atoms with E-state index in [1.165, 1.54) is 19.4 Å². The monoisotopic (exact) mass is 183 g/mol. The second kappa shape index (κ2) is 4.45. The van der Waals surface area contributed by atoms with E-state index in [-0.39, 0.29) is 0 Å². The lowest BCUT2D eigenvalue weighted by molar-refractivity contribution is 0.299. The second-order valence-corrected chi connectivity index (χ2v) is 5.48. The van der Waals surface area contributed by atoms with Crippen molar-refractivity contribution < 1.29 is 0 Å². The van der Waals surface area contributed by atoms with E-state index in [2.05, 4.69) is 39.8 Å². The predicted octanol–water partition coefficient (Wildman–Crippen LogP) is 2.87. The summed E-state index contributed by atoms with van der Waals surface area (Å²) in [6, 6.07) is 0. The molecule has 0 aromatic heterocycles. The van der Waals surface area contributed by atoms with Crippen LogP contribution in [0.25, 0.3) is 0 Å². The standard InChI is InChI=1S/C12H25N/c1-9(2)12-7-11(6-10(12)3)8-13(4)5/h9-12H,6-8H2,1-5H3. The maximum atomic E-state index is 2.43. The molecule has 13 heavy (non-hydrogen) atoms. The van der Waals surface area contributed by atoms with Gasteiger partial charge >= 0.3 is 0 Å². The van der Waals surface area contributed by atoms with Gasteiger partial charge < -0.3 is 4.90 Å². The van der Waals surface area contributed by atoms with Crippen LogP contribution in [0.4, 0.5) is 0 Å². The first-order valence-corrected chi connectivity index (χ1v) is 5.65. The summed E-state index contributed by atoms with van der Waals surface area (Å²) in [4.78, 5) is 2.33. The number of rotatable bonds is 3. The van der Waals surface area contributed by atoms with E-state index in [4.69, 9.17) is 0 Å². The van der Waals surface area contributed by atoms with Crippen molar-refractivity contribution >= 4 is 0 Å². The molecule has 0 saturated heterocycles. The molecule has 3 atom stereocenters. The predicted molar refractivity (Wildman–Crippen MR) is 58.8 cm³/mol. The summed E-state index contributed by atoms with van der Waals surface area (Å²) in [7, 11) is 4.38. The summed E-state index contributed by atoms with van der Waals surface area (Å²) in [6.45, 7) is 8.46. The molecule has 0 aromatic rings. The topological polar surface area (TPSA) is 3.24 Å². The van der Waals surface area contributed by atoms with Crippen molar-refractivity contribution in [3.05, 3.63) is 0 Å². The Morgan fingerprint density at radius 3 is 2.23 bits per heavy atom. The van der Waals surface area contributed by atoms with Crippen LogP contribution in [-0.2, 0) is 0 Å². The molecule has 78 valence electrons. The quantitative estimate of drug-likeness (QED) is 0.650. The fourth-order valence-corrected chi connectivity index (χ4v) is 3.01. The second-order valence-electron chi connectivity index (χ2n) is 5.48. The molecule has 3 unspecified atom stereocenters. The summed E-state index contributed by atoms with van der Waals surface area (Å²) < 4.78 is 0. The van der Waals surface area contributed by atoms with Gasteiger partial charge in [-0.1, -0.05) is 20.8 Å². The van der Waals surface area contributed by atoms with Crippen LogP contribution in [0.5, 0.6) is 0 Å². The third-order valence-corrected chi connectivity index (χ3v) is 3.52. The molecule has 1 aliphatic rings. The summed E-state index contributed by atoms with van der Waals surface area (Å²) >= 11 is 0. The Hall–Kier alpha value is -0.0400. The molecular weight excluding hydrogens is 158 g/mol. The molecule has 1 fully saturated rings. The van der Waals surface area contributed by atoms with Gasteiger partial charge in [-0.25, -0.2) is 0 Å². The Morgan fingerprint density at radius 1 is 1.23 bits per heavy atom. The third-order valence-electron chi connectivity index (χ3n) is 3.52. The zero-order valence-electron chi connectivity index (χ0n) is 9.88. The van der Waals surface area contributed by atoms with E-state index in [0.29, 0.717) is 0 Å². The van der Waals surface area contributed by atoms with Crippen molar-refractivity contribution in [1.82, 2.24) is 4.90 Å². The first-order chi connectivity index (χ1) is 6.00. The Labute approximate surface area is 83.5 Å². The smallest absolute Gasteiger partial charge is 0.000377 e. The average Bonchev–Trinajstić information content (AvgIpc) is 2.29. The largest absolute Gasteiger partial charge is 0.309 e. The van der Waals surface area contributed by atoms with Gasteiger partial charge in [0, 0.05) is 6.54 Å². The van der Waals surface area contributed by atoms with Crippen molar-refractivity contribution in [2.45, 2.75) is 33.6 Å². The molecule has 0 radical (unpaired) electrons. The molecule has 1 saturated carbocycles. The van der Waals surface area contributed by atoms with Gasteiger partial charge in [-0.2, -0.15) is 0 Å². The van der Waals surface area contributed by atoms with Gasteiger partial charge in [0.15, 0.2) is 0 Å². The molecule has 1 heteroatoms. The first-order valence-electron chi connectivity index (χ1n) is 5.65. The summed E-state index contributed by atoms with van der Waals surface area (Å²) in [5.41, 5.74) is 0. The minimum Gasteiger partial charge on any atom is -0.309 e. The van der Waals surface area contributed by atoms with Crippen molar-refractivity contribution in [3.63, 3.8) is 0 Å². The van der Waals surface area contributed by atoms with Gasteiger partial charge in [0.05, 0.1) is 0 Å². The summed E-state index contributed by atoms with van der Waals surface area (Å²) in [5, 5.41) is 0. The van der Waals surface area contributed by atoms with Crippen molar-refractivity contribution in [2.24, 2.45) is 23.7 Å². The lowest BCUT2D eigenvalue weighted by Crippen LogP contribution is -2.20. The van der Waals surface area contributed by atoms with Gasteiger partial charge in [0.2, 0.25) is 0 Å². The molecule has 0 heterocycles. The van der Waals surface area contributed by atoms with Crippen LogP contribution in [0.3, 0.4) is 0 Å². The molecule has 0 aromatic carbocycles. The van der Waals surface area contributed by atoms with Crippen molar-refractivity contribution in [3.8, 4) is 0 Å². The molecule has 0 aliphatic heterocycles. The first kappa shape index (κ1) is 11.0. The van der Waals surface area contributed by atoms with E-state index in [1.807, 2.05) is 0 Å². The van der Waals surface area contributed by atoms with Crippen LogP contribution in [0, 0.1) is 23.7 Å². The molecule has 0 bridgehead atoms. The molecule has 0 N–H and O–H groups in total. The molecule has 1 nitrogen and oxygen atoms in total. The minimum atomic E-state index is 0.877. The van der Waals surface area contributed by atoms with Crippen LogP contribution in [-0.4, -0.2) is 25.5 Å². The van der Waals surface area contributed by atoms with Crippen LogP contribution in [0.2, 0.25) is 0 Å². The number of hydrogen-bond donors (Lipinski definition) is 0. The van der Waals surface area contributed by atoms with Gasteiger partial charge in [0.25, 0.3) is 0 Å². The van der Waals surface area contributed by atoms with E-state index < -0.39 is 0 Å². The molecule has 0 spiro atoms. The highest BCUT2D eigenvalue weighted by atomic mass is 15.1. The third kappa shape index (κ3) is 2.98. The number of hydrogen-bond acceptors (Lipinski definition) is 1. The van der Waals surface area contributed by atoms with Crippen LogP contribution in [0.15, 0.2) is 0 Å². The van der Waals surface area contributed by atoms with Gasteiger partial charge in [-0.3, -0.25) is 0 Å². The van der Waals surface area contributed by atoms with Gasteiger partial charge in [-0.15, -0.1) is 0 Å². The van der Waals surface area contributed by atoms with Gasteiger partial charge in [0.1, 0.15) is 0 Å². The molecule has 1 rings (SSSR count). The Bertz CT molecular complexity index is 151. The van der Waals surface area contributed by atoms with E-state index in [0.717, 1.165) is 23.7 Å². The SMILES string of the molecule is CC(C)C1CC(CN(C)C)CC1C. The lowest BCUT2D eigenvalue weighted by atomic mass is 9.87. The zero-order valence-corrected chi connectivity index (χ0v) is 9.88. The lowest BCUT2D eigenvalue weighted by Gasteiger charge is -2.19. The average molecular weight is 183 g/mol. The zero-order chi connectivity index (χ0) is 10.0. The van der Waals surface area contributed by atoms with Crippen molar-refractivity contribution in [1.29, 1.82) is 0 Å². The Kier molecular flexibility index (Phi) is 3.78. The van der Waals surface area contributed by atoms with E-state index in [9.17, 15) is 0 Å². The fourth-order valence-electron chi connectivity index (χ4n) is 3.01. The van der Waals surface area contributed by atoms with Crippen molar-refractivity contribution in [2.75, 3.05) is 20.6 Å². The van der Waals surface area contributed by atoms with E-state index in [1.54, 1.807) is 0 Å². The van der Waals surface area contributed by atoms with Crippen LogP contribution < -0.4 is 0 Å². The minimum absolute atomic E-state index is 0.877. The maximum Gasteiger partial charge on any atom is 0.000377 e. The highest BCUT2D eigenvalue weighted by molar-refractivity contribution is 4.83. The maximum absolute atomic E-state index is 2.43. The van der Waals surface area contributed by atoms with Crippen LogP contribution in [0.1, 0.15) is 33.6 Å². The Balaban J connectivity index is 2.40. The Morgan fingerprint density at radius 2 is 1.85 bits per heavy atom. The highest BCUT2D eigenvalue weighted by Gasteiger charge is 2.32. The molecule has 0 amide bonds.